The SMILES string of the molecule is COc1cc(C=Nc2ccc(Nc3ccccc3)cc2)c(O)c([N+](=O)[O-])c1. The number of aromatic hydroxyl groups is 1. The molecule has 0 radical (unpaired) electrons. The lowest BCUT2D eigenvalue weighted by molar-refractivity contribution is -0.385. The van der Waals surface area contributed by atoms with Crippen LogP contribution in [0.25, 0.3) is 0 Å². The second kappa shape index (κ2) is 8.01. The van der Waals surface area contributed by atoms with Crippen molar-refractivity contribution in [3.63, 3.8) is 0 Å². The van der Waals surface area contributed by atoms with Gasteiger partial charge in [0.15, 0.2) is 0 Å². The molecule has 0 bridgehead atoms. The van der Waals surface area contributed by atoms with E-state index in [2.05, 4.69) is 10.3 Å². The van der Waals surface area contributed by atoms with Crippen LogP contribution in [0, 0.1) is 10.1 Å². The maximum absolute atomic E-state index is 11.0. The van der Waals surface area contributed by atoms with E-state index in [0.29, 0.717) is 5.69 Å². The van der Waals surface area contributed by atoms with Crippen molar-refractivity contribution >= 4 is 29.0 Å². The van der Waals surface area contributed by atoms with Gasteiger partial charge in [-0.2, -0.15) is 0 Å². The maximum atomic E-state index is 11.0. The Morgan fingerprint density at radius 3 is 2.37 bits per heavy atom. The number of benzene rings is 3. The van der Waals surface area contributed by atoms with Crippen LogP contribution in [-0.2, 0) is 0 Å². The number of nitrogens with one attached hydrogen (secondary N) is 1. The molecule has 0 unspecified atom stereocenters. The highest BCUT2D eigenvalue weighted by Crippen LogP contribution is 2.33. The number of anilines is 2. The van der Waals surface area contributed by atoms with Gasteiger partial charge in [0, 0.05) is 23.2 Å². The Kier molecular flexibility index (Phi) is 5.32. The number of hydrogen-bond acceptors (Lipinski definition) is 6. The topological polar surface area (TPSA) is 97.0 Å². The zero-order chi connectivity index (χ0) is 19.2. The minimum atomic E-state index is -0.667. The van der Waals surface area contributed by atoms with E-state index in [1.807, 2.05) is 42.5 Å². The van der Waals surface area contributed by atoms with Crippen molar-refractivity contribution in [2.45, 2.75) is 0 Å². The Bertz CT molecular complexity index is 971. The summed E-state index contributed by atoms with van der Waals surface area (Å²) in [5.74, 6) is -0.185. The predicted molar refractivity (Wildman–Crippen MR) is 105 cm³/mol. The average molecular weight is 363 g/mol. The molecule has 0 atom stereocenters. The van der Waals surface area contributed by atoms with Crippen molar-refractivity contribution in [1.82, 2.24) is 0 Å². The monoisotopic (exact) mass is 363 g/mol. The molecule has 0 aliphatic rings. The molecule has 0 fully saturated rings. The molecule has 27 heavy (non-hydrogen) atoms. The van der Waals surface area contributed by atoms with Crippen molar-refractivity contribution < 1.29 is 14.8 Å². The summed E-state index contributed by atoms with van der Waals surface area (Å²) >= 11 is 0. The number of methoxy groups -OCH3 is 1. The Hall–Kier alpha value is -3.87. The Morgan fingerprint density at radius 2 is 1.74 bits per heavy atom. The van der Waals surface area contributed by atoms with Crippen LogP contribution in [0.3, 0.4) is 0 Å². The third-order valence-corrected chi connectivity index (χ3v) is 3.81. The van der Waals surface area contributed by atoms with E-state index in [9.17, 15) is 15.2 Å². The molecule has 3 aromatic rings. The molecule has 0 heterocycles. The number of hydrogen-bond donors (Lipinski definition) is 2. The molecule has 0 aliphatic carbocycles. The van der Waals surface area contributed by atoms with Crippen LogP contribution in [0.15, 0.2) is 71.7 Å². The fraction of sp³-hybridized carbons (Fsp3) is 0.0500. The molecule has 0 aliphatic heterocycles. The number of rotatable bonds is 6. The van der Waals surface area contributed by atoms with Crippen LogP contribution in [0.5, 0.6) is 11.5 Å². The summed E-state index contributed by atoms with van der Waals surface area (Å²) < 4.78 is 5.04. The van der Waals surface area contributed by atoms with Gasteiger partial charge in [0.05, 0.1) is 23.8 Å². The van der Waals surface area contributed by atoms with Crippen LogP contribution in [-0.4, -0.2) is 23.4 Å². The summed E-state index contributed by atoms with van der Waals surface area (Å²) in [6.07, 6.45) is 1.37. The smallest absolute Gasteiger partial charge is 0.315 e. The van der Waals surface area contributed by atoms with E-state index in [1.54, 1.807) is 12.1 Å². The van der Waals surface area contributed by atoms with Gasteiger partial charge in [0.25, 0.3) is 0 Å². The molecule has 2 N–H and O–H groups in total. The Balaban J connectivity index is 1.80. The lowest BCUT2D eigenvalue weighted by atomic mass is 10.1. The number of ether oxygens (including phenoxy) is 1. The number of phenolic OH excluding ortho intramolecular Hbond substituents is 1. The first kappa shape index (κ1) is 17.9. The van der Waals surface area contributed by atoms with Crippen molar-refractivity contribution in [3.8, 4) is 11.5 Å². The van der Waals surface area contributed by atoms with E-state index < -0.39 is 16.4 Å². The molecule has 0 saturated carbocycles. The zero-order valence-electron chi connectivity index (χ0n) is 14.5. The highest BCUT2D eigenvalue weighted by Gasteiger charge is 2.18. The molecule has 0 amide bonds. The van der Waals surface area contributed by atoms with Gasteiger partial charge in [-0.25, -0.2) is 0 Å². The third kappa shape index (κ3) is 4.40. The van der Waals surface area contributed by atoms with Gasteiger partial charge in [-0.05, 0) is 42.5 Å². The van der Waals surface area contributed by atoms with Crippen LogP contribution in [0.2, 0.25) is 0 Å². The second-order valence-corrected chi connectivity index (χ2v) is 5.64. The normalized spacial score (nSPS) is 10.7. The quantitative estimate of drug-likeness (QED) is 0.372. The third-order valence-electron chi connectivity index (χ3n) is 3.81. The zero-order valence-corrected chi connectivity index (χ0v) is 14.5. The summed E-state index contributed by atoms with van der Waals surface area (Å²) in [5.41, 5.74) is 2.28. The number of phenols is 1. The predicted octanol–water partition coefficient (Wildman–Crippen LogP) is 4.80. The van der Waals surface area contributed by atoms with Crippen molar-refractivity contribution in [1.29, 1.82) is 0 Å². The van der Waals surface area contributed by atoms with Gasteiger partial charge in [0.1, 0.15) is 5.75 Å². The van der Waals surface area contributed by atoms with Crippen LogP contribution >= 0.6 is 0 Å². The number of nitrogens with zero attached hydrogens (tertiary/aromatic N) is 2. The first-order valence-electron chi connectivity index (χ1n) is 8.08. The fourth-order valence-corrected chi connectivity index (χ4v) is 2.43. The lowest BCUT2D eigenvalue weighted by Gasteiger charge is -2.06. The summed E-state index contributed by atoms with van der Waals surface area (Å²) in [5, 5.41) is 24.4. The largest absolute Gasteiger partial charge is 0.502 e. The molecule has 7 nitrogen and oxygen atoms in total. The molecule has 7 heteroatoms. The molecule has 3 rings (SSSR count). The van der Waals surface area contributed by atoms with Crippen LogP contribution in [0.4, 0.5) is 22.7 Å². The van der Waals surface area contributed by atoms with E-state index in [4.69, 9.17) is 4.74 Å². The summed E-state index contributed by atoms with van der Waals surface area (Å²) in [6.45, 7) is 0. The minimum absolute atomic E-state index is 0.201. The van der Waals surface area contributed by atoms with Crippen LogP contribution in [0.1, 0.15) is 5.56 Å². The highest BCUT2D eigenvalue weighted by atomic mass is 16.6. The number of nitro benzene ring substituents is 1. The van der Waals surface area contributed by atoms with Gasteiger partial charge in [0.2, 0.25) is 5.75 Å². The number of aliphatic imine (C=N–C) groups is 1. The van der Waals surface area contributed by atoms with E-state index in [-0.39, 0.29) is 11.3 Å². The Labute approximate surface area is 155 Å². The average Bonchev–Trinajstić information content (AvgIpc) is 2.69. The highest BCUT2D eigenvalue weighted by molar-refractivity contribution is 5.88. The first-order valence-corrected chi connectivity index (χ1v) is 8.08. The summed E-state index contributed by atoms with van der Waals surface area (Å²) in [6, 6.07) is 19.7. The molecule has 0 aromatic heterocycles. The summed E-state index contributed by atoms with van der Waals surface area (Å²) in [7, 11) is 1.40. The number of para-hydroxylation sites is 1. The first-order chi connectivity index (χ1) is 13.1. The van der Waals surface area contributed by atoms with Crippen molar-refractivity contribution in [2.75, 3.05) is 12.4 Å². The molecule has 0 spiro atoms. The van der Waals surface area contributed by atoms with Gasteiger partial charge >= 0.3 is 5.69 Å². The lowest BCUT2D eigenvalue weighted by Crippen LogP contribution is -1.94. The number of nitro groups is 1. The van der Waals surface area contributed by atoms with Gasteiger partial charge in [-0.3, -0.25) is 15.1 Å². The van der Waals surface area contributed by atoms with E-state index in [0.717, 1.165) is 17.4 Å². The van der Waals surface area contributed by atoms with Crippen LogP contribution < -0.4 is 10.1 Å². The summed E-state index contributed by atoms with van der Waals surface area (Å²) in [4.78, 5) is 14.6. The van der Waals surface area contributed by atoms with Crippen molar-refractivity contribution in [2.24, 2.45) is 4.99 Å². The van der Waals surface area contributed by atoms with E-state index in [1.165, 1.54) is 19.4 Å². The Morgan fingerprint density at radius 1 is 1.07 bits per heavy atom. The second-order valence-electron chi connectivity index (χ2n) is 5.64. The molecular formula is C20H17N3O4. The fourth-order valence-electron chi connectivity index (χ4n) is 2.43. The van der Waals surface area contributed by atoms with Gasteiger partial charge < -0.3 is 15.2 Å². The van der Waals surface area contributed by atoms with Crippen molar-refractivity contribution in [3.05, 3.63) is 82.4 Å². The molecule has 3 aromatic carbocycles. The van der Waals surface area contributed by atoms with Gasteiger partial charge in [-0.15, -0.1) is 0 Å². The van der Waals surface area contributed by atoms with Gasteiger partial charge in [-0.1, -0.05) is 18.2 Å². The molecule has 136 valence electrons. The standard InChI is InChI=1S/C20H17N3O4/c1-27-18-11-14(20(24)19(12-18)23(25)26)13-21-15-7-9-17(10-8-15)22-16-5-3-2-4-6-16/h2-13,22,24H,1H3. The molecule has 0 saturated heterocycles. The molecular weight excluding hydrogens is 346 g/mol. The maximum Gasteiger partial charge on any atom is 0.315 e. The van der Waals surface area contributed by atoms with E-state index >= 15 is 0 Å². The minimum Gasteiger partial charge on any atom is -0.502 e.